The lowest BCUT2D eigenvalue weighted by Crippen LogP contribution is -2.38. The van der Waals surface area contributed by atoms with Crippen molar-refractivity contribution >= 4 is 28.4 Å². The number of aromatic nitrogens is 1. The minimum absolute atomic E-state index is 0.0642. The van der Waals surface area contributed by atoms with E-state index in [9.17, 15) is 9.65 Å². The molecule has 4 rings (SSSR count). The Bertz CT molecular complexity index is 1050. The summed E-state index contributed by atoms with van der Waals surface area (Å²) in [6.07, 6.45) is 5.88. The zero-order valence-electron chi connectivity index (χ0n) is 16.4. The number of anilines is 1. The first-order valence-electron chi connectivity index (χ1n) is 9.94. The molecule has 29 heavy (non-hydrogen) atoms. The monoisotopic (exact) mass is 407 g/mol. The molecule has 0 atom stereocenters. The van der Waals surface area contributed by atoms with Crippen molar-refractivity contribution < 1.29 is 4.39 Å². The second-order valence-corrected chi connectivity index (χ2v) is 8.74. The van der Waals surface area contributed by atoms with Crippen molar-refractivity contribution in [2.24, 2.45) is 0 Å². The van der Waals surface area contributed by atoms with Crippen LogP contribution in [0.2, 0.25) is 0 Å². The van der Waals surface area contributed by atoms with Gasteiger partial charge in [-0.2, -0.15) is 5.26 Å². The van der Waals surface area contributed by atoms with Gasteiger partial charge in [-0.05, 0) is 66.6 Å². The predicted octanol–water partition coefficient (Wildman–Crippen LogP) is 4.54. The molecule has 148 valence electrons. The maximum absolute atomic E-state index is 13.8. The topological polar surface area (TPSA) is 52.0 Å². The average Bonchev–Trinajstić information content (AvgIpc) is 2.75. The Kier molecular flexibility index (Phi) is 5.98. The number of pyridine rings is 1. The standard InChI is InChI=1S/C23H23FN4S/c1-2-29-28-9-6-20(7-10-28)27-23-13-18(12-17-5-8-26-15-21(17)23)16-3-4-22(24)19(11-16)14-25/h3-5,8,11-13,15,20,27H,2,6-7,9-10H2,1H3/p+1. The molecule has 1 fully saturated rings. The van der Waals surface area contributed by atoms with Crippen molar-refractivity contribution in [1.29, 1.82) is 5.26 Å². The van der Waals surface area contributed by atoms with Crippen LogP contribution < -0.4 is 5.32 Å². The Hall–Kier alpha value is -2.62. The van der Waals surface area contributed by atoms with E-state index in [-0.39, 0.29) is 5.56 Å². The minimum Gasteiger partial charge on any atom is -0.382 e. The van der Waals surface area contributed by atoms with Crippen LogP contribution in [0.15, 0.2) is 48.8 Å². The summed E-state index contributed by atoms with van der Waals surface area (Å²) in [5.74, 6) is 0.677. The minimum atomic E-state index is -0.488. The van der Waals surface area contributed by atoms with Gasteiger partial charge in [-0.15, -0.1) is 4.31 Å². The van der Waals surface area contributed by atoms with E-state index in [1.807, 2.05) is 18.3 Å². The zero-order valence-corrected chi connectivity index (χ0v) is 17.3. The van der Waals surface area contributed by atoms with Crippen LogP contribution >= 0.6 is 0 Å². The summed E-state index contributed by atoms with van der Waals surface area (Å²) in [7, 11) is 0. The first-order valence-corrected chi connectivity index (χ1v) is 11.0. The van der Waals surface area contributed by atoms with Crippen LogP contribution in [0.25, 0.3) is 21.9 Å². The second kappa shape index (κ2) is 8.81. The van der Waals surface area contributed by atoms with Crippen molar-refractivity contribution in [3.05, 3.63) is 60.2 Å². The molecule has 0 unspecified atom stereocenters. The second-order valence-electron chi connectivity index (χ2n) is 7.26. The fourth-order valence-corrected chi connectivity index (χ4v) is 4.76. The van der Waals surface area contributed by atoms with Crippen molar-refractivity contribution in [3.8, 4) is 17.2 Å². The van der Waals surface area contributed by atoms with Gasteiger partial charge in [0, 0.05) is 42.6 Å². The summed E-state index contributed by atoms with van der Waals surface area (Å²) in [6, 6.07) is 13.2. The van der Waals surface area contributed by atoms with Crippen LogP contribution in [0.3, 0.4) is 0 Å². The third kappa shape index (κ3) is 4.36. The van der Waals surface area contributed by atoms with Crippen molar-refractivity contribution in [2.45, 2.75) is 25.8 Å². The van der Waals surface area contributed by atoms with Gasteiger partial charge in [0.1, 0.15) is 17.6 Å². The molecule has 0 radical (unpaired) electrons. The average molecular weight is 408 g/mol. The normalized spacial score (nSPS) is 15.3. The molecule has 0 spiro atoms. The predicted molar refractivity (Wildman–Crippen MR) is 119 cm³/mol. The molecular weight excluding hydrogens is 383 g/mol. The smallest absolute Gasteiger partial charge is 0.140 e. The van der Waals surface area contributed by atoms with E-state index >= 15 is 0 Å². The zero-order chi connectivity index (χ0) is 20.2. The third-order valence-electron chi connectivity index (χ3n) is 5.35. The van der Waals surface area contributed by atoms with Crippen molar-refractivity contribution in [3.63, 3.8) is 0 Å². The van der Waals surface area contributed by atoms with Gasteiger partial charge < -0.3 is 5.32 Å². The van der Waals surface area contributed by atoms with Crippen molar-refractivity contribution in [2.75, 3.05) is 24.2 Å². The maximum atomic E-state index is 13.8. The van der Waals surface area contributed by atoms with E-state index in [1.165, 1.54) is 23.8 Å². The summed E-state index contributed by atoms with van der Waals surface area (Å²) in [5, 5.41) is 15.1. The number of hydrogen-bond donors (Lipinski definition) is 1. The molecule has 1 aliphatic heterocycles. The number of halogens is 1. The first-order chi connectivity index (χ1) is 14.2. The molecule has 2 aromatic carbocycles. The molecule has 1 aliphatic rings. The van der Waals surface area contributed by atoms with Gasteiger partial charge in [0.15, 0.2) is 0 Å². The molecule has 3 aromatic rings. The lowest BCUT2D eigenvalue weighted by atomic mass is 9.98. The summed E-state index contributed by atoms with van der Waals surface area (Å²) in [5.41, 5.74) is 2.90. The number of thiol groups is 1. The van der Waals surface area contributed by atoms with Gasteiger partial charge in [-0.25, -0.2) is 4.39 Å². The van der Waals surface area contributed by atoms with Gasteiger partial charge in [-0.1, -0.05) is 6.07 Å². The van der Waals surface area contributed by atoms with Crippen LogP contribution in [0.5, 0.6) is 0 Å². The maximum Gasteiger partial charge on any atom is 0.140 e. The van der Waals surface area contributed by atoms with Crippen LogP contribution in [0.1, 0.15) is 25.3 Å². The van der Waals surface area contributed by atoms with Crippen molar-refractivity contribution in [1.82, 2.24) is 9.29 Å². The summed E-state index contributed by atoms with van der Waals surface area (Å²) >= 11 is 1.41. The van der Waals surface area contributed by atoms with Gasteiger partial charge in [0.05, 0.1) is 17.5 Å². The van der Waals surface area contributed by atoms with Gasteiger partial charge in [0.25, 0.3) is 0 Å². The molecule has 0 aliphatic carbocycles. The van der Waals surface area contributed by atoms with Crippen LogP contribution in [-0.2, 0) is 11.9 Å². The molecule has 0 amide bonds. The molecule has 0 bridgehead atoms. The fourth-order valence-electron chi connectivity index (χ4n) is 3.85. The Morgan fingerprint density at radius 3 is 2.79 bits per heavy atom. The molecule has 6 heteroatoms. The highest BCUT2D eigenvalue weighted by Crippen LogP contribution is 2.32. The Balaban J connectivity index is 1.66. The van der Waals surface area contributed by atoms with Crippen LogP contribution in [0.4, 0.5) is 10.1 Å². The van der Waals surface area contributed by atoms with E-state index in [2.05, 4.69) is 33.7 Å². The quantitative estimate of drug-likeness (QED) is 0.498. The number of fused-ring (bicyclic) bond motifs is 1. The van der Waals surface area contributed by atoms with E-state index in [0.29, 0.717) is 6.04 Å². The number of piperidine rings is 1. The van der Waals surface area contributed by atoms with E-state index in [0.717, 1.165) is 53.5 Å². The molecule has 1 aromatic heterocycles. The van der Waals surface area contributed by atoms with Crippen LogP contribution in [0, 0.1) is 17.1 Å². The number of nitrogens with one attached hydrogen (secondary N) is 1. The van der Waals surface area contributed by atoms with Gasteiger partial charge in [-0.3, -0.25) is 4.98 Å². The Labute approximate surface area is 174 Å². The summed E-state index contributed by atoms with van der Waals surface area (Å²) in [4.78, 5) is 4.30. The highest BCUT2D eigenvalue weighted by Gasteiger charge is 2.23. The van der Waals surface area contributed by atoms with E-state index < -0.39 is 5.82 Å². The Morgan fingerprint density at radius 1 is 1.21 bits per heavy atom. The molecular formula is C23H24FN4S+. The lowest BCUT2D eigenvalue weighted by Gasteiger charge is -2.28. The number of rotatable bonds is 5. The number of hydrogen-bond acceptors (Lipinski definition) is 4. The highest BCUT2D eigenvalue weighted by molar-refractivity contribution is 7.76. The SMILES string of the molecule is CC[SH+]N1CCC(Nc2cc(-c3ccc(F)c(C#N)c3)cc3ccncc23)CC1. The van der Waals surface area contributed by atoms with E-state index in [1.54, 1.807) is 18.3 Å². The summed E-state index contributed by atoms with van der Waals surface area (Å²) in [6.45, 7) is 4.42. The van der Waals surface area contributed by atoms with Gasteiger partial charge in [0.2, 0.25) is 0 Å². The number of nitrogens with zero attached hydrogens (tertiary/aromatic N) is 3. The molecule has 2 heterocycles. The van der Waals surface area contributed by atoms with Gasteiger partial charge >= 0.3 is 0 Å². The van der Waals surface area contributed by atoms with Crippen LogP contribution in [-0.4, -0.2) is 34.2 Å². The Morgan fingerprint density at radius 2 is 2.03 bits per heavy atom. The third-order valence-corrected chi connectivity index (χ3v) is 6.43. The number of nitriles is 1. The largest absolute Gasteiger partial charge is 0.382 e. The highest BCUT2D eigenvalue weighted by atomic mass is 32.2. The first kappa shape index (κ1) is 19.7. The lowest BCUT2D eigenvalue weighted by molar-refractivity contribution is 0.357. The molecule has 0 saturated carbocycles. The number of benzene rings is 2. The molecule has 1 N–H and O–H groups in total. The van der Waals surface area contributed by atoms with E-state index in [4.69, 9.17) is 0 Å². The summed E-state index contributed by atoms with van der Waals surface area (Å²) < 4.78 is 16.3. The molecule has 1 saturated heterocycles. The molecule has 4 nitrogen and oxygen atoms in total. The fraction of sp³-hybridized carbons (Fsp3) is 0.304.